The molecule has 4 heteroatoms. The van der Waals surface area contributed by atoms with Crippen LogP contribution in [0.4, 0.5) is 0 Å². The summed E-state index contributed by atoms with van der Waals surface area (Å²) in [4.78, 5) is 1.08. The van der Waals surface area contributed by atoms with Crippen LogP contribution in [-0.4, -0.2) is 9.13 Å². The van der Waals surface area contributed by atoms with Gasteiger partial charge in [0.2, 0.25) is 0 Å². The van der Waals surface area contributed by atoms with Crippen molar-refractivity contribution < 1.29 is 9.14 Å². The van der Waals surface area contributed by atoms with E-state index in [4.69, 9.17) is 0 Å². The minimum absolute atomic E-state index is 0.0878. The molecule has 0 radical (unpaired) electrons. The van der Waals surface area contributed by atoms with Gasteiger partial charge in [-0.2, -0.15) is 0 Å². The molecule has 0 aromatic carbocycles. The summed E-state index contributed by atoms with van der Waals surface area (Å²) in [6.45, 7) is 22.5. The van der Waals surface area contributed by atoms with E-state index in [2.05, 4.69) is 137 Å². The maximum Gasteiger partial charge on any atom is 0.134 e. The van der Waals surface area contributed by atoms with Gasteiger partial charge in [0.1, 0.15) is 29.5 Å². The third kappa shape index (κ3) is 3.54. The van der Waals surface area contributed by atoms with Crippen molar-refractivity contribution in [3.8, 4) is 0 Å². The molecule has 5 rings (SSSR count). The highest BCUT2D eigenvalue weighted by molar-refractivity contribution is 5.72. The summed E-state index contributed by atoms with van der Waals surface area (Å²) in [6, 6.07) is 13.3. The predicted molar refractivity (Wildman–Crippen MR) is 144 cm³/mol. The first-order valence-corrected chi connectivity index (χ1v) is 12.4. The van der Waals surface area contributed by atoms with Gasteiger partial charge >= 0.3 is 0 Å². The molecule has 3 aromatic rings. The van der Waals surface area contributed by atoms with Crippen molar-refractivity contribution in [3.63, 3.8) is 0 Å². The molecule has 0 fully saturated rings. The molecule has 0 amide bonds. The van der Waals surface area contributed by atoms with Crippen LogP contribution in [0.5, 0.6) is 0 Å². The van der Waals surface area contributed by atoms with Gasteiger partial charge in [0.25, 0.3) is 0 Å². The highest BCUT2D eigenvalue weighted by Crippen LogP contribution is 2.29. The molecule has 4 nitrogen and oxygen atoms in total. The van der Waals surface area contributed by atoms with Crippen LogP contribution >= 0.6 is 0 Å². The van der Waals surface area contributed by atoms with E-state index in [1.54, 1.807) is 0 Å². The topological polar surface area (TPSA) is 20.2 Å². The van der Waals surface area contributed by atoms with E-state index >= 15 is 0 Å². The molecule has 2 aliphatic heterocycles. The Morgan fingerprint density at radius 3 is 2.14 bits per heavy atom. The summed E-state index contributed by atoms with van der Waals surface area (Å²) < 4.78 is 6.96. The van der Waals surface area contributed by atoms with E-state index in [-0.39, 0.29) is 11.1 Å². The molecule has 1 atom stereocenters. The van der Waals surface area contributed by atoms with Crippen molar-refractivity contribution in [3.05, 3.63) is 101 Å². The van der Waals surface area contributed by atoms with Crippen molar-refractivity contribution >= 4 is 22.9 Å². The SMILES string of the molecule is C=[n+]1c2c[cH-]c1=C(C)c1ccc(n1C(C)(C)C)C1=CC=C(C(C)=c3ccc(n3C(C)(C)C)=C2)[NH+]1[CH2-]. The third-order valence-electron chi connectivity index (χ3n) is 7.34. The van der Waals surface area contributed by atoms with Gasteiger partial charge in [0, 0.05) is 34.2 Å². The lowest BCUT2D eigenvalue weighted by Gasteiger charge is -2.31. The zero-order chi connectivity index (χ0) is 25.4. The van der Waals surface area contributed by atoms with E-state index in [1.165, 1.54) is 44.6 Å². The number of quaternary nitrogens is 1. The summed E-state index contributed by atoms with van der Waals surface area (Å²) in [7, 11) is 4.59. The van der Waals surface area contributed by atoms with E-state index in [0.29, 0.717) is 0 Å². The molecule has 0 saturated heterocycles. The summed E-state index contributed by atoms with van der Waals surface area (Å²) in [5, 5.41) is 3.51. The molecule has 0 saturated carbocycles. The molecule has 35 heavy (non-hydrogen) atoms. The van der Waals surface area contributed by atoms with Gasteiger partial charge in [-0.05, 0) is 84.5 Å². The monoisotopic (exact) mass is 466 g/mol. The predicted octanol–water partition coefficient (Wildman–Crippen LogP) is 2.59. The second kappa shape index (κ2) is 7.63. The van der Waals surface area contributed by atoms with E-state index in [1.807, 2.05) is 0 Å². The highest BCUT2D eigenvalue weighted by atomic mass is 15.2. The maximum atomic E-state index is 4.59. The van der Waals surface area contributed by atoms with E-state index < -0.39 is 0 Å². The molecule has 2 aliphatic rings. The van der Waals surface area contributed by atoms with Crippen LogP contribution in [0.25, 0.3) is 22.9 Å². The minimum Gasteiger partial charge on any atom is -0.400 e. The van der Waals surface area contributed by atoms with Gasteiger partial charge < -0.3 is 14.0 Å². The van der Waals surface area contributed by atoms with Crippen LogP contribution < -0.4 is 25.2 Å². The van der Waals surface area contributed by atoms with Crippen LogP contribution in [0.2, 0.25) is 0 Å². The first kappa shape index (κ1) is 23.5. The summed E-state index contributed by atoms with van der Waals surface area (Å²) >= 11 is 0. The summed E-state index contributed by atoms with van der Waals surface area (Å²) in [5.41, 5.74) is 8.15. The normalized spacial score (nSPS) is 18.1. The third-order valence-corrected chi connectivity index (χ3v) is 7.34. The number of allylic oxidation sites excluding steroid dienone is 3. The molecular weight excluding hydrogens is 428 g/mol. The molecule has 0 aliphatic carbocycles. The molecule has 1 unspecified atom stereocenters. The number of nitrogens with one attached hydrogen (secondary N) is 1. The molecular formula is C31H38N4. The molecule has 8 bridgehead atoms. The van der Waals surface area contributed by atoms with Crippen molar-refractivity contribution in [2.24, 2.45) is 0 Å². The highest BCUT2D eigenvalue weighted by Gasteiger charge is 2.29. The van der Waals surface area contributed by atoms with Crippen molar-refractivity contribution in [1.82, 2.24) is 9.13 Å². The van der Waals surface area contributed by atoms with Gasteiger partial charge in [-0.25, -0.2) is 4.24 Å². The molecule has 1 N–H and O–H groups in total. The number of fused-ring (bicyclic) bond motifs is 9. The van der Waals surface area contributed by atoms with Crippen LogP contribution in [-0.2, 0) is 11.1 Å². The molecule has 5 heterocycles. The number of rotatable bonds is 0. The van der Waals surface area contributed by atoms with Crippen LogP contribution in [0.3, 0.4) is 0 Å². The largest absolute Gasteiger partial charge is 0.400 e. The average Bonchev–Trinajstić information content (AvgIpc) is 3.51. The van der Waals surface area contributed by atoms with Gasteiger partial charge in [-0.3, -0.25) is 0 Å². The first-order chi connectivity index (χ1) is 16.3. The van der Waals surface area contributed by atoms with Crippen LogP contribution in [0, 0.1) is 13.8 Å². The van der Waals surface area contributed by atoms with E-state index in [0.717, 1.165) is 15.9 Å². The Hall–Kier alpha value is -3.24. The van der Waals surface area contributed by atoms with Crippen molar-refractivity contribution in [2.45, 2.75) is 66.5 Å². The van der Waals surface area contributed by atoms with Gasteiger partial charge in [-0.15, -0.1) is 7.05 Å². The Balaban J connectivity index is 1.96. The minimum atomic E-state index is -0.102. The molecule has 182 valence electrons. The summed E-state index contributed by atoms with van der Waals surface area (Å²) in [5.74, 6) is 0. The Morgan fingerprint density at radius 1 is 0.857 bits per heavy atom. The Labute approximate surface area is 208 Å². The average molecular weight is 467 g/mol. The molecule has 3 aromatic heterocycles. The zero-order valence-corrected chi connectivity index (χ0v) is 22.5. The summed E-state index contributed by atoms with van der Waals surface area (Å²) in [6.07, 6.45) is 6.73. The lowest BCUT2D eigenvalue weighted by atomic mass is 10.1. The van der Waals surface area contributed by atoms with Crippen molar-refractivity contribution in [1.29, 1.82) is 0 Å². The fraction of sp³-hybridized carbons (Fsp3) is 0.323. The van der Waals surface area contributed by atoms with E-state index in [9.17, 15) is 0 Å². The standard InChI is InChI=1S/C31H38N4/c1-20-24-13-11-22(32(24)9)19-23-12-14-26(34(23)30(3,4)5)21(2)25-15-17-28(33(25)10)29-18-16-27(20)35(29)31(6,7)8/h11-19,33H,9-10H2,1-8H3. The van der Waals surface area contributed by atoms with Gasteiger partial charge in [-0.1, -0.05) is 24.6 Å². The second-order valence-electron chi connectivity index (χ2n) is 11.9. The number of aromatic nitrogens is 3. The smallest absolute Gasteiger partial charge is 0.134 e. The Morgan fingerprint density at radius 2 is 1.49 bits per heavy atom. The quantitative estimate of drug-likeness (QED) is 0.388. The second-order valence-corrected chi connectivity index (χ2v) is 11.9. The fourth-order valence-electron chi connectivity index (χ4n) is 5.73. The van der Waals surface area contributed by atoms with Crippen LogP contribution in [0.15, 0.2) is 54.2 Å². The Bertz CT molecular complexity index is 1650. The lowest BCUT2D eigenvalue weighted by molar-refractivity contribution is -0.721. The fourth-order valence-corrected chi connectivity index (χ4v) is 5.73. The first-order valence-electron chi connectivity index (χ1n) is 12.4. The van der Waals surface area contributed by atoms with Gasteiger partial charge in [0.05, 0.1) is 10.7 Å². The zero-order valence-electron chi connectivity index (χ0n) is 22.5. The Kier molecular flexibility index (Phi) is 5.12. The lowest BCUT2D eigenvalue weighted by Crippen LogP contribution is -3.01. The number of hydrogen-bond donors (Lipinski definition) is 1. The number of hydrogen-bond acceptors (Lipinski definition) is 0. The molecule has 0 spiro atoms. The maximum absolute atomic E-state index is 4.59. The van der Waals surface area contributed by atoms with Crippen molar-refractivity contribution in [2.75, 3.05) is 0 Å². The van der Waals surface area contributed by atoms with Gasteiger partial charge in [0.15, 0.2) is 0 Å². The van der Waals surface area contributed by atoms with Crippen LogP contribution in [0.1, 0.15) is 72.5 Å². The number of nitrogens with zero attached hydrogens (tertiary/aromatic N) is 3.